The van der Waals surface area contributed by atoms with Crippen LogP contribution in [-0.2, 0) is 4.79 Å². The van der Waals surface area contributed by atoms with Crippen LogP contribution in [0.4, 0.5) is 0 Å². The van der Waals surface area contributed by atoms with E-state index in [2.05, 4.69) is 0 Å². The molecule has 0 rings (SSSR count). The maximum absolute atomic E-state index is 10.4. The molecule has 0 aliphatic rings. The fourth-order valence-electron chi connectivity index (χ4n) is 0.781. The van der Waals surface area contributed by atoms with Crippen molar-refractivity contribution in [1.82, 2.24) is 4.90 Å². The Morgan fingerprint density at radius 2 is 1.92 bits per heavy atom. The first-order valence-electron chi connectivity index (χ1n) is 4.02. The van der Waals surface area contributed by atoms with Gasteiger partial charge in [0.1, 0.15) is 6.23 Å². The smallest absolute Gasteiger partial charge is 0.306 e. The zero-order valence-corrected chi connectivity index (χ0v) is 7.82. The fraction of sp³-hybridized carbons (Fsp3) is 0.875. The van der Waals surface area contributed by atoms with Crippen LogP contribution < -0.4 is 0 Å². The highest BCUT2D eigenvalue weighted by atomic mass is 16.4. The summed E-state index contributed by atoms with van der Waals surface area (Å²) in [5, 5.41) is 17.8. The maximum Gasteiger partial charge on any atom is 0.306 e. The lowest BCUT2D eigenvalue weighted by Gasteiger charge is -2.18. The summed E-state index contributed by atoms with van der Waals surface area (Å²) in [5.74, 6) is -1.18. The van der Waals surface area contributed by atoms with Crippen molar-refractivity contribution in [3.8, 4) is 0 Å². The molecule has 0 aliphatic carbocycles. The number of carboxylic acid groups (broad SMARTS) is 1. The summed E-state index contributed by atoms with van der Waals surface area (Å²) in [6.07, 6.45) is 0.474. The second-order valence-electron chi connectivity index (χ2n) is 3.26. The minimum absolute atomic E-state index is 0.375. The summed E-state index contributed by atoms with van der Waals surface area (Å²) in [6.45, 7) is 1.64. The van der Waals surface area contributed by atoms with Crippen LogP contribution in [0.5, 0.6) is 0 Å². The Kier molecular flexibility index (Phi) is 4.85. The first-order valence-corrected chi connectivity index (χ1v) is 4.02. The molecular weight excluding hydrogens is 158 g/mol. The molecule has 2 unspecified atom stereocenters. The van der Waals surface area contributed by atoms with E-state index in [1.54, 1.807) is 25.9 Å². The number of aliphatic hydroxyl groups excluding tert-OH is 1. The molecule has 4 nitrogen and oxygen atoms in total. The Labute approximate surface area is 72.8 Å². The zero-order valence-electron chi connectivity index (χ0n) is 7.82. The summed E-state index contributed by atoms with van der Waals surface area (Å²) in [5.41, 5.74) is 0. The van der Waals surface area contributed by atoms with Gasteiger partial charge in [-0.05, 0) is 26.9 Å². The average Bonchev–Trinajstić information content (AvgIpc) is 1.98. The van der Waals surface area contributed by atoms with Crippen molar-refractivity contribution >= 4 is 5.97 Å². The topological polar surface area (TPSA) is 60.8 Å². The molecule has 0 aromatic heterocycles. The van der Waals surface area contributed by atoms with Gasteiger partial charge in [-0.1, -0.05) is 6.92 Å². The standard InChI is InChI=1S/C8H17NO3/c1-6(8(11)12)4-5-7(10)9(2)3/h6-7,10H,4-5H2,1-3H3,(H,11,12). The van der Waals surface area contributed by atoms with Crippen molar-refractivity contribution < 1.29 is 15.0 Å². The monoisotopic (exact) mass is 175 g/mol. The molecule has 2 N–H and O–H groups in total. The van der Waals surface area contributed by atoms with Crippen LogP contribution in [0.2, 0.25) is 0 Å². The van der Waals surface area contributed by atoms with Gasteiger partial charge >= 0.3 is 5.97 Å². The molecule has 0 spiro atoms. The fourth-order valence-corrected chi connectivity index (χ4v) is 0.781. The zero-order chi connectivity index (χ0) is 9.72. The number of nitrogens with zero attached hydrogens (tertiary/aromatic N) is 1. The largest absolute Gasteiger partial charge is 0.481 e. The van der Waals surface area contributed by atoms with Crippen LogP contribution in [0.25, 0.3) is 0 Å². The summed E-state index contributed by atoms with van der Waals surface area (Å²) in [6, 6.07) is 0. The van der Waals surface area contributed by atoms with Crippen molar-refractivity contribution in [2.75, 3.05) is 14.1 Å². The van der Waals surface area contributed by atoms with E-state index in [1.165, 1.54) is 0 Å². The van der Waals surface area contributed by atoms with Gasteiger partial charge < -0.3 is 10.2 Å². The molecule has 0 radical (unpaired) electrons. The van der Waals surface area contributed by atoms with Crippen molar-refractivity contribution in [2.24, 2.45) is 5.92 Å². The molecule has 0 fully saturated rings. The van der Waals surface area contributed by atoms with E-state index in [0.29, 0.717) is 12.8 Å². The summed E-state index contributed by atoms with van der Waals surface area (Å²) >= 11 is 0. The van der Waals surface area contributed by atoms with Gasteiger partial charge in [-0.25, -0.2) is 0 Å². The first kappa shape index (κ1) is 11.4. The number of rotatable bonds is 5. The van der Waals surface area contributed by atoms with E-state index >= 15 is 0 Å². The lowest BCUT2D eigenvalue weighted by atomic mass is 10.1. The van der Waals surface area contributed by atoms with Crippen molar-refractivity contribution in [2.45, 2.75) is 26.0 Å². The van der Waals surface area contributed by atoms with Crippen LogP contribution in [-0.4, -0.2) is 41.4 Å². The third-order valence-corrected chi connectivity index (χ3v) is 1.88. The van der Waals surface area contributed by atoms with E-state index in [9.17, 15) is 9.90 Å². The van der Waals surface area contributed by atoms with Crippen LogP contribution >= 0.6 is 0 Å². The SMILES string of the molecule is CC(CCC(O)N(C)C)C(=O)O. The van der Waals surface area contributed by atoms with E-state index in [-0.39, 0.29) is 5.92 Å². The number of carbonyl (C=O) groups is 1. The van der Waals surface area contributed by atoms with Gasteiger partial charge in [0.25, 0.3) is 0 Å². The highest BCUT2D eigenvalue weighted by Crippen LogP contribution is 2.08. The molecular formula is C8H17NO3. The molecule has 0 amide bonds. The summed E-state index contributed by atoms with van der Waals surface area (Å²) < 4.78 is 0. The predicted molar refractivity (Wildman–Crippen MR) is 45.7 cm³/mol. The molecule has 0 saturated heterocycles. The van der Waals surface area contributed by atoms with Gasteiger partial charge in [0.15, 0.2) is 0 Å². The summed E-state index contributed by atoms with van der Waals surface area (Å²) in [7, 11) is 3.52. The van der Waals surface area contributed by atoms with Gasteiger partial charge in [-0.3, -0.25) is 9.69 Å². The number of hydrogen-bond acceptors (Lipinski definition) is 3. The molecule has 0 aromatic carbocycles. The first-order chi connectivity index (χ1) is 5.45. The van der Waals surface area contributed by atoms with Crippen molar-refractivity contribution in [3.05, 3.63) is 0 Å². The highest BCUT2D eigenvalue weighted by Gasteiger charge is 2.14. The molecule has 0 bridgehead atoms. The van der Waals surface area contributed by atoms with Gasteiger partial charge in [0.05, 0.1) is 5.92 Å². The number of hydrogen-bond donors (Lipinski definition) is 2. The number of carboxylic acids is 1. The number of aliphatic hydroxyl groups is 1. The molecule has 12 heavy (non-hydrogen) atoms. The Hall–Kier alpha value is -0.610. The van der Waals surface area contributed by atoms with Crippen molar-refractivity contribution in [3.63, 3.8) is 0 Å². The molecule has 0 heterocycles. The van der Waals surface area contributed by atoms with Crippen molar-refractivity contribution in [1.29, 1.82) is 0 Å². The maximum atomic E-state index is 10.4. The third kappa shape index (κ3) is 4.31. The van der Waals surface area contributed by atoms with E-state index < -0.39 is 12.2 Å². The number of aliphatic carboxylic acids is 1. The molecule has 2 atom stereocenters. The van der Waals surface area contributed by atoms with E-state index in [0.717, 1.165) is 0 Å². The van der Waals surface area contributed by atoms with Gasteiger partial charge in [0, 0.05) is 0 Å². The average molecular weight is 175 g/mol. The van der Waals surface area contributed by atoms with E-state index in [1.807, 2.05) is 0 Å². The van der Waals surface area contributed by atoms with E-state index in [4.69, 9.17) is 5.11 Å². The van der Waals surface area contributed by atoms with Gasteiger partial charge in [-0.2, -0.15) is 0 Å². The molecule has 0 aromatic rings. The van der Waals surface area contributed by atoms with Gasteiger partial charge in [-0.15, -0.1) is 0 Å². The Morgan fingerprint density at radius 1 is 1.42 bits per heavy atom. The van der Waals surface area contributed by atoms with Gasteiger partial charge in [0.2, 0.25) is 0 Å². The van der Waals surface area contributed by atoms with Crippen LogP contribution in [0.15, 0.2) is 0 Å². The predicted octanol–water partition coefficient (Wildman–Crippen LogP) is 0.367. The lowest BCUT2D eigenvalue weighted by molar-refractivity contribution is -0.141. The normalized spacial score (nSPS) is 16.1. The van der Waals surface area contributed by atoms with Crippen LogP contribution in [0.1, 0.15) is 19.8 Å². The minimum atomic E-state index is -0.805. The molecule has 4 heteroatoms. The molecule has 0 aliphatic heterocycles. The lowest BCUT2D eigenvalue weighted by Crippen LogP contribution is -2.28. The summed E-state index contributed by atoms with van der Waals surface area (Å²) in [4.78, 5) is 12.0. The Balaban J connectivity index is 3.61. The van der Waals surface area contributed by atoms with Crippen LogP contribution in [0.3, 0.4) is 0 Å². The Morgan fingerprint density at radius 3 is 2.25 bits per heavy atom. The third-order valence-electron chi connectivity index (χ3n) is 1.88. The minimum Gasteiger partial charge on any atom is -0.481 e. The molecule has 0 saturated carbocycles. The second-order valence-corrected chi connectivity index (χ2v) is 3.26. The highest BCUT2D eigenvalue weighted by molar-refractivity contribution is 5.69. The second kappa shape index (κ2) is 5.11. The quantitative estimate of drug-likeness (QED) is 0.592. The van der Waals surface area contributed by atoms with Crippen LogP contribution in [0, 0.1) is 5.92 Å². The molecule has 72 valence electrons. The Bertz CT molecular complexity index is 147.